The molecule has 0 saturated heterocycles. The Morgan fingerprint density at radius 1 is 1.08 bits per heavy atom. The number of amides is 1. The van der Waals surface area contributed by atoms with Crippen LogP contribution in [0.1, 0.15) is 16.0 Å². The summed E-state index contributed by atoms with van der Waals surface area (Å²) in [6.07, 6.45) is 0.0825. The van der Waals surface area contributed by atoms with E-state index >= 15 is 0 Å². The molecule has 3 aromatic rings. The largest absolute Gasteiger partial charge is 0.492 e. The standard InChI is InChI=1S/C20H21N3O2S/c1-13-4-8-15(9-5-13)21-18(24)12-17-19(25)22-20(26-17)23(3)16-10-6-14(2)7-11-16/h4-11,25H,12H2,1-3H3,(H,21,24). The average Bonchev–Trinajstić information content (AvgIpc) is 2.97. The first-order chi connectivity index (χ1) is 12.4. The molecular formula is C20H21N3O2S. The van der Waals surface area contributed by atoms with E-state index in [0.717, 1.165) is 16.9 Å². The summed E-state index contributed by atoms with van der Waals surface area (Å²) in [6, 6.07) is 15.6. The van der Waals surface area contributed by atoms with Crippen LogP contribution in [-0.2, 0) is 11.2 Å². The number of aryl methyl sites for hydroxylation is 2. The Bertz CT molecular complexity index is 902. The van der Waals surface area contributed by atoms with Gasteiger partial charge in [-0.2, -0.15) is 4.98 Å². The highest BCUT2D eigenvalue weighted by molar-refractivity contribution is 7.16. The molecule has 0 spiro atoms. The van der Waals surface area contributed by atoms with Gasteiger partial charge in [-0.25, -0.2) is 0 Å². The van der Waals surface area contributed by atoms with Crippen molar-refractivity contribution in [3.05, 3.63) is 64.5 Å². The molecule has 26 heavy (non-hydrogen) atoms. The topological polar surface area (TPSA) is 65.5 Å². The van der Waals surface area contributed by atoms with Gasteiger partial charge in [-0.3, -0.25) is 4.79 Å². The summed E-state index contributed by atoms with van der Waals surface area (Å²) in [5.74, 6) is -0.277. The number of benzene rings is 2. The fraction of sp³-hybridized carbons (Fsp3) is 0.200. The number of carbonyl (C=O) groups excluding carboxylic acids is 1. The minimum atomic E-state index is -0.183. The van der Waals surface area contributed by atoms with Crippen LogP contribution in [0.25, 0.3) is 0 Å². The van der Waals surface area contributed by atoms with Crippen molar-refractivity contribution in [3.8, 4) is 5.88 Å². The Hall–Kier alpha value is -2.86. The molecule has 0 aliphatic heterocycles. The lowest BCUT2D eigenvalue weighted by atomic mass is 10.2. The van der Waals surface area contributed by atoms with Crippen molar-refractivity contribution in [3.63, 3.8) is 0 Å². The molecule has 5 nitrogen and oxygen atoms in total. The predicted octanol–water partition coefficient (Wildman–Crippen LogP) is 4.41. The molecular weight excluding hydrogens is 346 g/mol. The fourth-order valence-electron chi connectivity index (χ4n) is 2.46. The van der Waals surface area contributed by atoms with Gasteiger partial charge in [-0.05, 0) is 38.1 Å². The van der Waals surface area contributed by atoms with Gasteiger partial charge >= 0.3 is 0 Å². The van der Waals surface area contributed by atoms with Gasteiger partial charge in [0.15, 0.2) is 5.13 Å². The summed E-state index contributed by atoms with van der Waals surface area (Å²) in [5, 5.41) is 13.6. The van der Waals surface area contributed by atoms with Crippen molar-refractivity contribution >= 4 is 33.8 Å². The minimum absolute atomic E-state index is 0.0825. The summed E-state index contributed by atoms with van der Waals surface area (Å²) in [5.41, 5.74) is 4.02. The third-order valence-corrected chi connectivity index (χ3v) is 5.15. The molecule has 0 fully saturated rings. The van der Waals surface area contributed by atoms with Crippen molar-refractivity contribution in [1.82, 2.24) is 4.98 Å². The van der Waals surface area contributed by atoms with Gasteiger partial charge in [0, 0.05) is 18.4 Å². The first kappa shape index (κ1) is 17.9. The van der Waals surface area contributed by atoms with E-state index < -0.39 is 0 Å². The number of nitrogens with one attached hydrogen (secondary N) is 1. The first-order valence-corrected chi connectivity index (χ1v) is 9.09. The molecule has 3 rings (SSSR count). The van der Waals surface area contributed by atoms with E-state index in [2.05, 4.69) is 10.3 Å². The lowest BCUT2D eigenvalue weighted by Crippen LogP contribution is -2.13. The van der Waals surface area contributed by atoms with Crippen molar-refractivity contribution in [1.29, 1.82) is 0 Å². The van der Waals surface area contributed by atoms with Gasteiger partial charge in [-0.15, -0.1) is 0 Å². The average molecular weight is 367 g/mol. The van der Waals surface area contributed by atoms with Crippen LogP contribution in [0.5, 0.6) is 5.88 Å². The van der Waals surface area contributed by atoms with Crippen LogP contribution in [0.2, 0.25) is 0 Å². The second kappa shape index (κ2) is 7.58. The van der Waals surface area contributed by atoms with Crippen LogP contribution in [0.3, 0.4) is 0 Å². The molecule has 1 amide bonds. The van der Waals surface area contributed by atoms with E-state index in [1.807, 2.05) is 74.3 Å². The molecule has 0 aliphatic carbocycles. The summed E-state index contributed by atoms with van der Waals surface area (Å²) >= 11 is 1.31. The zero-order valence-corrected chi connectivity index (χ0v) is 15.8. The lowest BCUT2D eigenvalue weighted by molar-refractivity contribution is -0.115. The van der Waals surface area contributed by atoms with E-state index in [0.29, 0.717) is 10.0 Å². The highest BCUT2D eigenvalue weighted by Gasteiger charge is 2.17. The lowest BCUT2D eigenvalue weighted by Gasteiger charge is -2.15. The number of anilines is 3. The van der Waals surface area contributed by atoms with Gasteiger partial charge in [0.25, 0.3) is 0 Å². The summed E-state index contributed by atoms with van der Waals surface area (Å²) in [4.78, 5) is 18.9. The predicted molar refractivity (Wildman–Crippen MR) is 107 cm³/mol. The summed E-state index contributed by atoms with van der Waals surface area (Å²) in [7, 11) is 1.89. The van der Waals surface area contributed by atoms with Crippen LogP contribution in [0.15, 0.2) is 48.5 Å². The third-order valence-electron chi connectivity index (χ3n) is 4.03. The number of carbonyl (C=O) groups is 1. The second-order valence-electron chi connectivity index (χ2n) is 6.23. The molecule has 0 saturated carbocycles. The Kier molecular flexibility index (Phi) is 5.23. The zero-order valence-electron chi connectivity index (χ0n) is 15.0. The second-order valence-corrected chi connectivity index (χ2v) is 7.29. The Balaban J connectivity index is 1.70. The van der Waals surface area contributed by atoms with Crippen molar-refractivity contribution in [2.75, 3.05) is 17.3 Å². The number of hydrogen-bond donors (Lipinski definition) is 2. The number of aromatic nitrogens is 1. The van der Waals surface area contributed by atoms with Crippen molar-refractivity contribution in [2.24, 2.45) is 0 Å². The van der Waals surface area contributed by atoms with Crippen LogP contribution in [0.4, 0.5) is 16.5 Å². The molecule has 1 heterocycles. The molecule has 0 bridgehead atoms. The van der Waals surface area contributed by atoms with Gasteiger partial charge in [-0.1, -0.05) is 46.7 Å². The maximum absolute atomic E-state index is 12.2. The molecule has 2 aromatic carbocycles. The van der Waals surface area contributed by atoms with Gasteiger partial charge < -0.3 is 15.3 Å². The van der Waals surface area contributed by atoms with Crippen molar-refractivity contribution in [2.45, 2.75) is 20.3 Å². The molecule has 0 unspecified atom stereocenters. The smallest absolute Gasteiger partial charge is 0.229 e. The van der Waals surface area contributed by atoms with E-state index in [1.54, 1.807) is 0 Å². The molecule has 0 atom stereocenters. The minimum Gasteiger partial charge on any atom is -0.492 e. The van der Waals surface area contributed by atoms with E-state index in [9.17, 15) is 9.90 Å². The van der Waals surface area contributed by atoms with E-state index in [-0.39, 0.29) is 18.2 Å². The number of thiazole rings is 1. The summed E-state index contributed by atoms with van der Waals surface area (Å²) in [6.45, 7) is 4.02. The van der Waals surface area contributed by atoms with E-state index in [4.69, 9.17) is 0 Å². The van der Waals surface area contributed by atoms with Gasteiger partial charge in [0.05, 0.1) is 11.3 Å². The van der Waals surface area contributed by atoms with Crippen LogP contribution in [0, 0.1) is 13.8 Å². The quantitative estimate of drug-likeness (QED) is 0.701. The molecule has 6 heteroatoms. The maximum Gasteiger partial charge on any atom is 0.229 e. The van der Waals surface area contributed by atoms with Gasteiger partial charge in [0.2, 0.25) is 11.8 Å². The Labute approximate surface area is 156 Å². The number of hydrogen-bond acceptors (Lipinski definition) is 5. The third kappa shape index (κ3) is 4.21. The molecule has 0 aliphatic rings. The van der Waals surface area contributed by atoms with Crippen LogP contribution < -0.4 is 10.2 Å². The number of aromatic hydroxyl groups is 1. The van der Waals surface area contributed by atoms with Crippen LogP contribution >= 0.6 is 11.3 Å². The SMILES string of the molecule is Cc1ccc(NC(=O)Cc2sc(N(C)c3ccc(C)cc3)nc2O)cc1. The number of nitrogens with zero attached hydrogens (tertiary/aromatic N) is 2. The Morgan fingerprint density at radius 2 is 1.65 bits per heavy atom. The van der Waals surface area contributed by atoms with Crippen molar-refractivity contribution < 1.29 is 9.90 Å². The molecule has 134 valence electrons. The first-order valence-electron chi connectivity index (χ1n) is 8.28. The van der Waals surface area contributed by atoms with Crippen LogP contribution in [-0.4, -0.2) is 23.0 Å². The highest BCUT2D eigenvalue weighted by atomic mass is 32.1. The molecule has 0 radical (unpaired) electrons. The number of rotatable bonds is 5. The zero-order chi connectivity index (χ0) is 18.7. The fourth-order valence-corrected chi connectivity index (χ4v) is 3.39. The van der Waals surface area contributed by atoms with Gasteiger partial charge in [0.1, 0.15) is 0 Å². The highest BCUT2D eigenvalue weighted by Crippen LogP contribution is 2.34. The molecule has 1 aromatic heterocycles. The van der Waals surface area contributed by atoms with E-state index in [1.165, 1.54) is 16.9 Å². The Morgan fingerprint density at radius 3 is 2.27 bits per heavy atom. The normalized spacial score (nSPS) is 10.6. The molecule has 2 N–H and O–H groups in total. The summed E-state index contributed by atoms with van der Waals surface area (Å²) < 4.78 is 0. The monoisotopic (exact) mass is 367 g/mol. The maximum atomic E-state index is 12.2.